The highest BCUT2D eigenvalue weighted by atomic mass is 14.3. The smallest absolute Gasteiger partial charge is 0.0383 e. The molecule has 0 nitrogen and oxygen atoms in total. The molecule has 0 heterocycles. The summed E-state index contributed by atoms with van der Waals surface area (Å²) in [4.78, 5) is 0. The van der Waals surface area contributed by atoms with Gasteiger partial charge in [-0.25, -0.2) is 0 Å². The Bertz CT molecular complexity index is 161. The van der Waals surface area contributed by atoms with Crippen LogP contribution < -0.4 is 0 Å². The summed E-state index contributed by atoms with van der Waals surface area (Å²) >= 11 is 0. The van der Waals surface area contributed by atoms with Gasteiger partial charge in [0.05, 0.1) is 0 Å². The molecule has 1 aliphatic rings. The Morgan fingerprint density at radius 3 is 2.21 bits per heavy atom. The fourth-order valence-corrected chi connectivity index (χ4v) is 2.62. The summed E-state index contributed by atoms with van der Waals surface area (Å²) in [5, 5.41) is 0. The maximum atomic E-state index is 2.39. The summed E-state index contributed by atoms with van der Waals surface area (Å²) in [6.45, 7) is 11.9. The van der Waals surface area contributed by atoms with Gasteiger partial charge < -0.3 is 0 Å². The Kier molecular flexibility index (Phi) is 4.04. The molecular weight excluding hydrogens is 168 g/mol. The van der Waals surface area contributed by atoms with E-state index in [-0.39, 0.29) is 0 Å². The van der Waals surface area contributed by atoms with Gasteiger partial charge >= 0.3 is 0 Å². The fourth-order valence-electron chi connectivity index (χ4n) is 2.62. The van der Waals surface area contributed by atoms with E-state index in [9.17, 15) is 0 Å². The minimum absolute atomic E-state index is 0.538. The molecule has 0 bridgehead atoms. The topological polar surface area (TPSA) is 0 Å². The molecule has 0 spiro atoms. The second-order valence-corrected chi connectivity index (χ2v) is 6.78. The number of hydrogen-bond acceptors (Lipinski definition) is 0. The third-order valence-electron chi connectivity index (χ3n) is 3.83. The van der Waals surface area contributed by atoms with Gasteiger partial charge in [0, 0.05) is 0 Å². The lowest BCUT2D eigenvalue weighted by atomic mass is 9.85. The average Bonchev–Trinajstić information content (AvgIpc) is 2.47. The lowest BCUT2D eigenvalue weighted by molar-refractivity contribution is 0.310. The SMILES string of the molecule is CC(C)C1CCC(CCC(C)(C)C)C1. The summed E-state index contributed by atoms with van der Waals surface area (Å²) in [7, 11) is 0. The Morgan fingerprint density at radius 1 is 1.14 bits per heavy atom. The molecule has 0 aromatic rings. The van der Waals surface area contributed by atoms with E-state index >= 15 is 0 Å². The molecule has 14 heavy (non-hydrogen) atoms. The second-order valence-electron chi connectivity index (χ2n) is 6.78. The molecule has 0 amide bonds. The van der Waals surface area contributed by atoms with Crippen molar-refractivity contribution in [3.8, 4) is 0 Å². The predicted molar refractivity (Wildman–Crippen MR) is 64.4 cm³/mol. The van der Waals surface area contributed by atoms with Crippen molar-refractivity contribution in [1.82, 2.24) is 0 Å². The first kappa shape index (κ1) is 12.1. The molecule has 0 aromatic carbocycles. The van der Waals surface area contributed by atoms with Gasteiger partial charge in [0.1, 0.15) is 0 Å². The Hall–Kier alpha value is 0. The van der Waals surface area contributed by atoms with Crippen LogP contribution in [0, 0.1) is 23.2 Å². The van der Waals surface area contributed by atoms with Crippen LogP contribution in [0.3, 0.4) is 0 Å². The molecule has 0 aromatic heterocycles. The maximum absolute atomic E-state index is 2.39. The van der Waals surface area contributed by atoms with Crippen LogP contribution in [0.15, 0.2) is 0 Å². The lowest BCUT2D eigenvalue weighted by Gasteiger charge is -2.21. The van der Waals surface area contributed by atoms with E-state index in [1.165, 1.54) is 32.1 Å². The minimum Gasteiger partial charge on any atom is -0.0625 e. The van der Waals surface area contributed by atoms with E-state index in [4.69, 9.17) is 0 Å². The number of rotatable bonds is 3. The molecule has 2 atom stereocenters. The average molecular weight is 196 g/mol. The predicted octanol–water partition coefficient (Wildman–Crippen LogP) is 4.89. The molecule has 0 radical (unpaired) electrons. The molecule has 0 aliphatic heterocycles. The third-order valence-corrected chi connectivity index (χ3v) is 3.83. The summed E-state index contributed by atoms with van der Waals surface area (Å²) in [5.41, 5.74) is 0.538. The van der Waals surface area contributed by atoms with Crippen LogP contribution in [0.5, 0.6) is 0 Å². The van der Waals surface area contributed by atoms with Crippen LogP contribution >= 0.6 is 0 Å². The molecule has 1 fully saturated rings. The zero-order valence-corrected chi connectivity index (χ0v) is 10.8. The monoisotopic (exact) mass is 196 g/mol. The van der Waals surface area contributed by atoms with Crippen molar-refractivity contribution in [3.05, 3.63) is 0 Å². The van der Waals surface area contributed by atoms with Gasteiger partial charge in [0.25, 0.3) is 0 Å². The molecule has 0 heteroatoms. The highest BCUT2D eigenvalue weighted by molar-refractivity contribution is 4.78. The molecule has 2 unspecified atom stereocenters. The maximum Gasteiger partial charge on any atom is -0.0383 e. The first-order valence-corrected chi connectivity index (χ1v) is 6.38. The Labute approximate surface area is 90.5 Å². The van der Waals surface area contributed by atoms with Crippen LogP contribution in [0.4, 0.5) is 0 Å². The summed E-state index contributed by atoms with van der Waals surface area (Å²) in [6, 6.07) is 0. The Morgan fingerprint density at radius 2 is 1.79 bits per heavy atom. The zero-order chi connectivity index (χ0) is 10.8. The van der Waals surface area contributed by atoms with Crippen molar-refractivity contribution in [3.63, 3.8) is 0 Å². The van der Waals surface area contributed by atoms with Gasteiger partial charge in [0.2, 0.25) is 0 Å². The van der Waals surface area contributed by atoms with Crippen molar-refractivity contribution in [2.75, 3.05) is 0 Å². The van der Waals surface area contributed by atoms with Crippen molar-refractivity contribution < 1.29 is 0 Å². The molecule has 1 saturated carbocycles. The highest BCUT2D eigenvalue weighted by Crippen LogP contribution is 2.39. The minimum atomic E-state index is 0.538. The third kappa shape index (κ3) is 4.02. The fraction of sp³-hybridized carbons (Fsp3) is 1.00. The van der Waals surface area contributed by atoms with E-state index in [1.54, 1.807) is 0 Å². The standard InChI is InChI=1S/C14H28/c1-11(2)13-7-6-12(10-13)8-9-14(3,4)5/h11-13H,6-10H2,1-5H3. The van der Waals surface area contributed by atoms with Gasteiger partial charge in [-0.2, -0.15) is 0 Å². The van der Waals surface area contributed by atoms with Gasteiger partial charge in [-0.3, -0.25) is 0 Å². The highest BCUT2D eigenvalue weighted by Gasteiger charge is 2.27. The molecule has 84 valence electrons. The zero-order valence-electron chi connectivity index (χ0n) is 10.8. The van der Waals surface area contributed by atoms with Crippen molar-refractivity contribution in [2.24, 2.45) is 23.2 Å². The quantitative estimate of drug-likeness (QED) is 0.603. The van der Waals surface area contributed by atoms with Crippen LogP contribution in [0.2, 0.25) is 0 Å². The van der Waals surface area contributed by atoms with Crippen molar-refractivity contribution in [2.45, 2.75) is 66.7 Å². The van der Waals surface area contributed by atoms with Crippen LogP contribution in [0.25, 0.3) is 0 Å². The first-order valence-electron chi connectivity index (χ1n) is 6.38. The normalized spacial score (nSPS) is 28.7. The van der Waals surface area contributed by atoms with Crippen LogP contribution in [-0.2, 0) is 0 Å². The van der Waals surface area contributed by atoms with E-state index in [0.717, 1.165) is 17.8 Å². The summed E-state index contributed by atoms with van der Waals surface area (Å²) < 4.78 is 0. The van der Waals surface area contributed by atoms with Crippen molar-refractivity contribution in [1.29, 1.82) is 0 Å². The molecular formula is C14H28. The van der Waals surface area contributed by atoms with Crippen LogP contribution in [0.1, 0.15) is 66.7 Å². The van der Waals surface area contributed by atoms with Crippen molar-refractivity contribution >= 4 is 0 Å². The van der Waals surface area contributed by atoms with Crippen LogP contribution in [-0.4, -0.2) is 0 Å². The van der Waals surface area contributed by atoms with E-state index in [0.29, 0.717) is 5.41 Å². The van der Waals surface area contributed by atoms with Gasteiger partial charge in [-0.05, 0) is 48.9 Å². The molecule has 0 N–H and O–H groups in total. The first-order chi connectivity index (χ1) is 6.38. The lowest BCUT2D eigenvalue weighted by Crippen LogP contribution is -2.08. The van der Waals surface area contributed by atoms with E-state index in [2.05, 4.69) is 34.6 Å². The van der Waals surface area contributed by atoms with Gasteiger partial charge in [-0.15, -0.1) is 0 Å². The molecule has 0 saturated heterocycles. The van der Waals surface area contributed by atoms with E-state index in [1.807, 2.05) is 0 Å². The molecule has 1 rings (SSSR count). The van der Waals surface area contributed by atoms with E-state index < -0.39 is 0 Å². The molecule has 1 aliphatic carbocycles. The van der Waals surface area contributed by atoms with Gasteiger partial charge in [-0.1, -0.05) is 41.0 Å². The summed E-state index contributed by atoms with van der Waals surface area (Å²) in [6.07, 6.45) is 7.37. The van der Waals surface area contributed by atoms with Gasteiger partial charge in [0.15, 0.2) is 0 Å². The number of hydrogen-bond donors (Lipinski definition) is 0. The Balaban J connectivity index is 2.23. The largest absolute Gasteiger partial charge is 0.0625 e. The summed E-state index contributed by atoms with van der Waals surface area (Å²) in [5.74, 6) is 2.98. The second kappa shape index (κ2) is 4.68.